The molecule has 24 heavy (non-hydrogen) atoms. The van der Waals surface area contributed by atoms with Crippen LogP contribution in [0.25, 0.3) is 0 Å². The number of aryl methyl sites for hydroxylation is 1. The molecule has 1 heterocycles. The molecule has 1 atom stereocenters. The lowest BCUT2D eigenvalue weighted by atomic mass is 9.87. The molecule has 0 aliphatic heterocycles. The van der Waals surface area contributed by atoms with Gasteiger partial charge in [0.15, 0.2) is 5.11 Å². The lowest BCUT2D eigenvalue weighted by molar-refractivity contribution is -0.858. The number of rotatable bonds is 6. The van der Waals surface area contributed by atoms with Gasteiger partial charge in [-0.3, -0.25) is 15.6 Å². The lowest BCUT2D eigenvalue weighted by Crippen LogP contribution is -3.05. The van der Waals surface area contributed by atoms with E-state index in [2.05, 4.69) is 43.3 Å². The molecule has 7 heteroatoms. The molecule has 0 aromatic carbocycles. The second kappa shape index (κ2) is 9.34. The highest BCUT2D eigenvalue weighted by atomic mass is 32.1. The highest BCUT2D eigenvalue weighted by Crippen LogP contribution is 2.33. The van der Waals surface area contributed by atoms with Gasteiger partial charge in [-0.25, -0.2) is 0 Å². The maximum absolute atomic E-state index is 12.3. The SMILES string of the molecule is CC[C@@H]1CCc2sc(C(=O)NNC(=S)NCCC[NH+](C)C)cc2C1. The van der Waals surface area contributed by atoms with Gasteiger partial charge >= 0.3 is 0 Å². The number of quaternary nitrogens is 1. The van der Waals surface area contributed by atoms with E-state index in [1.165, 1.54) is 28.2 Å². The summed E-state index contributed by atoms with van der Waals surface area (Å²) in [6, 6.07) is 2.05. The molecular formula is C17H29N4OS2+. The molecule has 1 aromatic heterocycles. The Labute approximate surface area is 154 Å². The largest absolute Gasteiger partial charge is 0.361 e. The van der Waals surface area contributed by atoms with Crippen LogP contribution >= 0.6 is 23.6 Å². The quantitative estimate of drug-likeness (QED) is 0.342. The summed E-state index contributed by atoms with van der Waals surface area (Å²) >= 11 is 6.79. The number of fused-ring (bicyclic) bond motifs is 1. The molecule has 5 nitrogen and oxygen atoms in total. The van der Waals surface area contributed by atoms with Gasteiger partial charge in [0.05, 0.1) is 25.5 Å². The first-order chi connectivity index (χ1) is 11.5. The standard InChI is InChI=1S/C17H28N4OS2/c1-4-12-6-7-14-13(10-12)11-15(24-14)16(22)19-20-17(23)18-8-5-9-21(2)3/h11-12H,4-10H2,1-3H3,(H,19,22)(H2,18,20,23)/p+1/t12-/m1/s1. The van der Waals surface area contributed by atoms with Gasteiger partial charge in [-0.1, -0.05) is 13.3 Å². The van der Waals surface area contributed by atoms with E-state index < -0.39 is 0 Å². The van der Waals surface area contributed by atoms with Gasteiger partial charge in [-0.15, -0.1) is 11.3 Å². The summed E-state index contributed by atoms with van der Waals surface area (Å²) in [6.45, 7) is 4.13. The minimum absolute atomic E-state index is 0.107. The number of thiophene rings is 1. The van der Waals surface area contributed by atoms with Gasteiger partial charge in [0, 0.05) is 17.8 Å². The van der Waals surface area contributed by atoms with Crippen molar-refractivity contribution < 1.29 is 9.69 Å². The van der Waals surface area contributed by atoms with E-state index in [4.69, 9.17) is 12.2 Å². The van der Waals surface area contributed by atoms with Gasteiger partial charge in [0.2, 0.25) is 0 Å². The number of thiocarbonyl (C=S) groups is 1. The van der Waals surface area contributed by atoms with Crippen LogP contribution in [0, 0.1) is 5.92 Å². The number of hydrazine groups is 1. The second-order valence-electron chi connectivity index (χ2n) is 6.72. The summed E-state index contributed by atoms with van der Waals surface area (Å²) < 4.78 is 0. The van der Waals surface area contributed by atoms with Crippen LogP contribution in [0.5, 0.6) is 0 Å². The first kappa shape index (κ1) is 19.1. The lowest BCUT2D eigenvalue weighted by Gasteiger charge is -2.19. The predicted molar refractivity (Wildman–Crippen MR) is 104 cm³/mol. The number of hydrogen-bond acceptors (Lipinski definition) is 3. The summed E-state index contributed by atoms with van der Waals surface area (Å²) in [5, 5.41) is 3.57. The highest BCUT2D eigenvalue weighted by molar-refractivity contribution is 7.80. The van der Waals surface area contributed by atoms with Crippen molar-refractivity contribution in [2.45, 2.75) is 39.0 Å². The van der Waals surface area contributed by atoms with Crippen molar-refractivity contribution in [2.75, 3.05) is 27.2 Å². The molecule has 2 rings (SSSR count). The van der Waals surface area contributed by atoms with Crippen LogP contribution < -0.4 is 21.1 Å². The molecule has 0 unspecified atom stereocenters. The van der Waals surface area contributed by atoms with E-state index in [-0.39, 0.29) is 5.91 Å². The molecule has 0 spiro atoms. The van der Waals surface area contributed by atoms with Gasteiger partial charge in [-0.2, -0.15) is 0 Å². The molecule has 0 bridgehead atoms. The molecule has 1 aromatic rings. The van der Waals surface area contributed by atoms with E-state index in [1.807, 2.05) is 0 Å². The van der Waals surface area contributed by atoms with Crippen molar-refractivity contribution in [3.8, 4) is 0 Å². The van der Waals surface area contributed by atoms with Gasteiger partial charge in [0.1, 0.15) is 0 Å². The van der Waals surface area contributed by atoms with Crippen molar-refractivity contribution in [1.29, 1.82) is 0 Å². The molecule has 0 radical (unpaired) electrons. The van der Waals surface area contributed by atoms with Crippen LogP contribution in [0.4, 0.5) is 0 Å². The van der Waals surface area contributed by atoms with E-state index in [0.717, 1.165) is 43.1 Å². The molecule has 0 saturated heterocycles. The van der Waals surface area contributed by atoms with Crippen molar-refractivity contribution in [3.05, 3.63) is 21.4 Å². The molecule has 0 saturated carbocycles. The van der Waals surface area contributed by atoms with Gasteiger partial charge < -0.3 is 10.2 Å². The zero-order valence-electron chi connectivity index (χ0n) is 14.8. The van der Waals surface area contributed by atoms with Crippen molar-refractivity contribution in [2.24, 2.45) is 5.92 Å². The Hall–Kier alpha value is -1.18. The van der Waals surface area contributed by atoms with Crippen LogP contribution in [-0.2, 0) is 12.8 Å². The van der Waals surface area contributed by atoms with E-state index >= 15 is 0 Å². The fourth-order valence-electron chi connectivity index (χ4n) is 2.92. The van der Waals surface area contributed by atoms with Crippen molar-refractivity contribution >= 4 is 34.6 Å². The topological polar surface area (TPSA) is 57.6 Å². The summed E-state index contributed by atoms with van der Waals surface area (Å²) in [7, 11) is 4.25. The monoisotopic (exact) mass is 369 g/mol. The van der Waals surface area contributed by atoms with E-state index in [1.54, 1.807) is 11.3 Å². The third kappa shape index (κ3) is 5.72. The third-order valence-electron chi connectivity index (χ3n) is 4.41. The molecule has 134 valence electrons. The zero-order chi connectivity index (χ0) is 17.5. The smallest absolute Gasteiger partial charge is 0.279 e. The number of hydrogen-bond donors (Lipinski definition) is 4. The minimum Gasteiger partial charge on any atom is -0.361 e. The molecule has 1 aliphatic carbocycles. The number of carbonyl (C=O) groups excluding carboxylic acids is 1. The van der Waals surface area contributed by atoms with Gasteiger partial charge in [-0.05, 0) is 49.0 Å². The molecule has 0 fully saturated rings. The predicted octanol–water partition coefficient (Wildman–Crippen LogP) is 0.907. The first-order valence-electron chi connectivity index (χ1n) is 8.74. The normalized spacial score (nSPS) is 16.6. The first-order valence-corrected chi connectivity index (χ1v) is 9.96. The summed E-state index contributed by atoms with van der Waals surface area (Å²) in [5.74, 6) is 0.659. The summed E-state index contributed by atoms with van der Waals surface area (Å²) in [5.41, 5.74) is 6.84. The van der Waals surface area contributed by atoms with Crippen LogP contribution in [-0.4, -0.2) is 38.2 Å². The summed E-state index contributed by atoms with van der Waals surface area (Å²) in [4.78, 5) is 15.8. The maximum atomic E-state index is 12.3. The van der Waals surface area contributed by atoms with E-state index in [9.17, 15) is 4.79 Å². The second-order valence-corrected chi connectivity index (χ2v) is 8.27. The zero-order valence-corrected chi connectivity index (χ0v) is 16.5. The van der Waals surface area contributed by atoms with Crippen LogP contribution in [0.3, 0.4) is 0 Å². The maximum Gasteiger partial charge on any atom is 0.279 e. The van der Waals surface area contributed by atoms with Crippen molar-refractivity contribution in [1.82, 2.24) is 16.2 Å². The molecule has 1 aliphatic rings. The average molecular weight is 370 g/mol. The number of amides is 1. The Morgan fingerprint density at radius 1 is 1.42 bits per heavy atom. The Morgan fingerprint density at radius 2 is 2.21 bits per heavy atom. The summed E-state index contributed by atoms with van der Waals surface area (Å²) in [6.07, 6.45) is 5.71. The molecule has 1 amide bonds. The van der Waals surface area contributed by atoms with Crippen LogP contribution in [0.1, 0.15) is 46.3 Å². The van der Waals surface area contributed by atoms with Crippen LogP contribution in [0.15, 0.2) is 6.07 Å². The third-order valence-corrected chi connectivity index (χ3v) is 5.90. The van der Waals surface area contributed by atoms with Crippen LogP contribution in [0.2, 0.25) is 0 Å². The fraction of sp³-hybridized carbons (Fsp3) is 0.647. The Bertz CT molecular complexity index is 571. The van der Waals surface area contributed by atoms with E-state index in [0.29, 0.717) is 5.11 Å². The average Bonchev–Trinajstić information content (AvgIpc) is 2.99. The minimum atomic E-state index is -0.107. The Balaban J connectivity index is 1.75. The van der Waals surface area contributed by atoms with Gasteiger partial charge in [0.25, 0.3) is 5.91 Å². The Kier molecular flexibility index (Phi) is 7.45. The fourth-order valence-corrected chi connectivity index (χ4v) is 4.18. The highest BCUT2D eigenvalue weighted by Gasteiger charge is 2.22. The number of carbonyl (C=O) groups is 1. The number of nitrogens with one attached hydrogen (secondary N) is 4. The molecule has 4 N–H and O–H groups in total. The van der Waals surface area contributed by atoms with Crippen molar-refractivity contribution in [3.63, 3.8) is 0 Å². The Morgan fingerprint density at radius 3 is 2.92 bits per heavy atom. The molecular weight excluding hydrogens is 340 g/mol.